The zero-order valence-corrected chi connectivity index (χ0v) is 5.36. The topological polar surface area (TPSA) is 25.8 Å². The van der Waals surface area contributed by atoms with Crippen molar-refractivity contribution in [3.05, 3.63) is 36.7 Å². The van der Waals surface area contributed by atoms with Crippen molar-refractivity contribution in [3.63, 3.8) is 0 Å². The van der Waals surface area contributed by atoms with Gasteiger partial charge in [0, 0.05) is 17.8 Å². The molecule has 0 bridgehead atoms. The number of nitrogens with zero attached hydrogens (tertiary/aromatic N) is 2. The Morgan fingerprint density at radius 2 is 1.60 bits per heavy atom. The van der Waals surface area contributed by atoms with Gasteiger partial charge in [-0.25, -0.2) is 9.97 Å². The van der Waals surface area contributed by atoms with Crippen molar-refractivity contribution in [2.75, 3.05) is 0 Å². The molecule has 10 heavy (non-hydrogen) atoms. The Hall–Kier alpha value is -1.44. The van der Waals surface area contributed by atoms with Crippen LogP contribution in [0.4, 0.5) is 0 Å². The molecular weight excluding hydrogens is 124 g/mol. The summed E-state index contributed by atoms with van der Waals surface area (Å²) in [6.07, 6.45) is 3.49. The number of pyridine rings is 2. The second kappa shape index (κ2) is 2.06. The van der Waals surface area contributed by atoms with Crippen LogP contribution in [0.3, 0.4) is 0 Å². The molecule has 0 saturated heterocycles. The molecule has 2 heteroatoms. The van der Waals surface area contributed by atoms with E-state index in [1.54, 1.807) is 12.4 Å². The summed E-state index contributed by atoms with van der Waals surface area (Å²) in [6.45, 7) is 0. The molecule has 0 fully saturated rings. The maximum Gasteiger partial charge on any atom is 1.00 e. The standard InChI is InChI=1S/C8H6N2/c1-3-7-4-2-6-10-8(7)9-5-1/h1-6H/p+1. The van der Waals surface area contributed by atoms with Crippen molar-refractivity contribution in [1.82, 2.24) is 9.97 Å². The molecule has 0 aliphatic heterocycles. The van der Waals surface area contributed by atoms with Crippen molar-refractivity contribution >= 4 is 11.0 Å². The van der Waals surface area contributed by atoms with Crippen LogP contribution in [0.15, 0.2) is 36.7 Å². The molecule has 0 amide bonds. The van der Waals surface area contributed by atoms with Crippen molar-refractivity contribution < 1.29 is 1.43 Å². The molecule has 0 saturated carbocycles. The third-order valence-electron chi connectivity index (χ3n) is 1.38. The summed E-state index contributed by atoms with van der Waals surface area (Å²) in [4.78, 5) is 8.14. The number of hydrogen-bond acceptors (Lipinski definition) is 2. The van der Waals surface area contributed by atoms with Gasteiger partial charge < -0.3 is 0 Å². The first-order chi connectivity index (χ1) is 4.97. The lowest BCUT2D eigenvalue weighted by Crippen LogP contribution is -1.78. The third kappa shape index (κ3) is 0.739. The van der Waals surface area contributed by atoms with E-state index in [4.69, 9.17) is 0 Å². The highest BCUT2D eigenvalue weighted by Crippen LogP contribution is 2.04. The molecule has 0 N–H and O–H groups in total. The van der Waals surface area contributed by atoms with Crippen LogP contribution in [0.5, 0.6) is 0 Å². The Kier molecular flexibility index (Phi) is 1.10. The van der Waals surface area contributed by atoms with E-state index in [1.165, 1.54) is 0 Å². The second-order valence-corrected chi connectivity index (χ2v) is 2.05. The van der Waals surface area contributed by atoms with Gasteiger partial charge in [-0.1, -0.05) is 0 Å². The molecule has 2 aromatic rings. The van der Waals surface area contributed by atoms with E-state index in [1.807, 2.05) is 24.3 Å². The molecule has 0 aliphatic rings. The predicted molar refractivity (Wildman–Crippen MR) is 40.7 cm³/mol. The van der Waals surface area contributed by atoms with Gasteiger partial charge in [0.15, 0.2) is 5.65 Å². The minimum Gasteiger partial charge on any atom is -0.237 e. The maximum atomic E-state index is 4.07. The van der Waals surface area contributed by atoms with Crippen LogP contribution in [-0.4, -0.2) is 9.97 Å². The molecule has 48 valence electrons. The highest BCUT2D eigenvalue weighted by molar-refractivity contribution is 5.73. The highest BCUT2D eigenvalue weighted by Gasteiger charge is 1.88. The van der Waals surface area contributed by atoms with Crippen LogP contribution < -0.4 is 0 Å². The Morgan fingerprint density at radius 3 is 2.10 bits per heavy atom. The smallest absolute Gasteiger partial charge is 0.237 e. The average molecular weight is 131 g/mol. The van der Waals surface area contributed by atoms with Gasteiger partial charge in [-0.15, -0.1) is 0 Å². The molecule has 2 heterocycles. The molecule has 0 radical (unpaired) electrons. The molecule has 0 spiro atoms. The summed E-state index contributed by atoms with van der Waals surface area (Å²) in [7, 11) is 0. The Labute approximate surface area is 60.0 Å². The molecule has 0 aliphatic carbocycles. The molecule has 0 atom stereocenters. The molecule has 0 unspecified atom stereocenters. The number of hydrogen-bond donors (Lipinski definition) is 0. The fraction of sp³-hybridized carbons (Fsp3) is 0. The van der Waals surface area contributed by atoms with Gasteiger partial charge in [0.25, 0.3) is 0 Å². The van der Waals surface area contributed by atoms with Gasteiger partial charge in [-0.2, -0.15) is 0 Å². The summed E-state index contributed by atoms with van der Waals surface area (Å²) in [6, 6.07) is 7.80. The quantitative estimate of drug-likeness (QED) is 0.544. The zero-order valence-electron chi connectivity index (χ0n) is 6.36. The SMILES string of the molecule is [H+].c1cnc2ncccc2c1. The van der Waals surface area contributed by atoms with E-state index in [0.29, 0.717) is 0 Å². The summed E-state index contributed by atoms with van der Waals surface area (Å²) >= 11 is 0. The number of fused-ring (bicyclic) bond motifs is 1. The van der Waals surface area contributed by atoms with E-state index < -0.39 is 0 Å². The monoisotopic (exact) mass is 131 g/mol. The van der Waals surface area contributed by atoms with Gasteiger partial charge in [0.2, 0.25) is 0 Å². The Balaban J connectivity index is 0.000000605. The lowest BCUT2D eigenvalue weighted by Gasteiger charge is -1.90. The summed E-state index contributed by atoms with van der Waals surface area (Å²) < 4.78 is 0. The summed E-state index contributed by atoms with van der Waals surface area (Å²) in [5.41, 5.74) is 0.810. The lowest BCUT2D eigenvalue weighted by molar-refractivity contribution is 1.29. The first-order valence-corrected chi connectivity index (χ1v) is 3.12. The fourth-order valence-corrected chi connectivity index (χ4v) is 0.908. The van der Waals surface area contributed by atoms with Crippen LogP contribution in [0.2, 0.25) is 0 Å². The zero-order chi connectivity index (χ0) is 6.81. The van der Waals surface area contributed by atoms with E-state index in [2.05, 4.69) is 9.97 Å². The third-order valence-corrected chi connectivity index (χ3v) is 1.38. The van der Waals surface area contributed by atoms with Crippen molar-refractivity contribution in [2.24, 2.45) is 0 Å². The number of rotatable bonds is 0. The molecule has 2 rings (SSSR count). The van der Waals surface area contributed by atoms with Gasteiger partial charge in [-0.3, -0.25) is 0 Å². The number of aromatic nitrogens is 2. The van der Waals surface area contributed by atoms with Gasteiger partial charge in [-0.05, 0) is 24.3 Å². The van der Waals surface area contributed by atoms with Crippen LogP contribution in [0.1, 0.15) is 1.43 Å². The van der Waals surface area contributed by atoms with E-state index in [0.717, 1.165) is 11.0 Å². The van der Waals surface area contributed by atoms with Crippen LogP contribution in [-0.2, 0) is 0 Å². The van der Waals surface area contributed by atoms with Crippen molar-refractivity contribution in [1.29, 1.82) is 0 Å². The van der Waals surface area contributed by atoms with Crippen molar-refractivity contribution in [3.8, 4) is 0 Å². The summed E-state index contributed by atoms with van der Waals surface area (Å²) in [5, 5.41) is 1.09. The van der Waals surface area contributed by atoms with Crippen LogP contribution >= 0.6 is 0 Å². The Morgan fingerprint density at radius 1 is 1.00 bits per heavy atom. The normalized spacial score (nSPS) is 10.0. The van der Waals surface area contributed by atoms with Crippen molar-refractivity contribution in [2.45, 2.75) is 0 Å². The molecule has 2 aromatic heterocycles. The van der Waals surface area contributed by atoms with E-state index in [9.17, 15) is 0 Å². The largest absolute Gasteiger partial charge is 1.00 e. The fourth-order valence-electron chi connectivity index (χ4n) is 0.908. The molecular formula is C8H7N2+. The summed E-state index contributed by atoms with van der Waals surface area (Å²) in [5.74, 6) is 0. The highest BCUT2D eigenvalue weighted by atomic mass is 14.8. The second-order valence-electron chi connectivity index (χ2n) is 2.05. The molecule has 0 aromatic carbocycles. The maximum absolute atomic E-state index is 4.07. The van der Waals surface area contributed by atoms with Crippen LogP contribution in [0, 0.1) is 0 Å². The van der Waals surface area contributed by atoms with Gasteiger partial charge >= 0.3 is 1.43 Å². The predicted octanol–water partition coefficient (Wildman–Crippen LogP) is 1.74. The Bertz CT molecular complexity index is 283. The first-order valence-electron chi connectivity index (χ1n) is 3.12. The van der Waals surface area contributed by atoms with E-state index >= 15 is 0 Å². The molecule has 2 nitrogen and oxygen atoms in total. The van der Waals surface area contributed by atoms with Gasteiger partial charge in [0.05, 0.1) is 0 Å². The van der Waals surface area contributed by atoms with E-state index in [-0.39, 0.29) is 1.43 Å². The average Bonchev–Trinajstić information content (AvgIpc) is 2.05. The minimum absolute atomic E-state index is 0. The minimum atomic E-state index is 0. The van der Waals surface area contributed by atoms with Gasteiger partial charge in [0.1, 0.15) is 0 Å². The lowest BCUT2D eigenvalue weighted by atomic mass is 10.3. The first kappa shape index (κ1) is 5.35. The van der Waals surface area contributed by atoms with Crippen LogP contribution in [0.25, 0.3) is 11.0 Å².